The van der Waals surface area contributed by atoms with Crippen molar-refractivity contribution in [2.24, 2.45) is 0 Å². The summed E-state index contributed by atoms with van der Waals surface area (Å²) in [5.74, 6) is 0. The normalized spacial score (nSPS) is 15.1. The number of rotatable bonds is 2. The first-order chi connectivity index (χ1) is 10.1. The van der Waals surface area contributed by atoms with Crippen molar-refractivity contribution < 1.29 is 0 Å². The molecule has 0 amide bonds. The van der Waals surface area contributed by atoms with E-state index in [-0.39, 0.29) is 0 Å². The van der Waals surface area contributed by atoms with Crippen LogP contribution in [0.15, 0.2) is 36.4 Å². The lowest BCUT2D eigenvalue weighted by Gasteiger charge is -2.33. The molecule has 0 aromatic heterocycles. The third-order valence-corrected chi connectivity index (χ3v) is 4.70. The zero-order valence-electron chi connectivity index (χ0n) is 13.6. The molecule has 1 heteroatoms. The summed E-state index contributed by atoms with van der Waals surface area (Å²) < 4.78 is 0. The molecule has 1 nitrogen and oxygen atoms in total. The van der Waals surface area contributed by atoms with E-state index >= 15 is 0 Å². The van der Waals surface area contributed by atoms with Gasteiger partial charge in [-0.2, -0.15) is 0 Å². The van der Waals surface area contributed by atoms with Crippen molar-refractivity contribution in [3.8, 4) is 0 Å². The van der Waals surface area contributed by atoms with Gasteiger partial charge in [-0.3, -0.25) is 0 Å². The van der Waals surface area contributed by atoms with Crippen LogP contribution in [0.2, 0.25) is 0 Å². The van der Waals surface area contributed by atoms with Crippen LogP contribution in [-0.2, 0) is 12.8 Å². The largest absolute Gasteiger partial charge is 0.338 e. The third kappa shape index (κ3) is 2.57. The molecule has 3 rings (SSSR count). The van der Waals surface area contributed by atoms with E-state index in [9.17, 15) is 0 Å². The molecule has 1 aliphatic heterocycles. The monoisotopic (exact) mass is 279 g/mol. The fraction of sp³-hybridized carbons (Fsp3) is 0.400. The molecule has 2 aromatic rings. The molecule has 1 aliphatic rings. The second-order valence-electron chi connectivity index (χ2n) is 6.39. The van der Waals surface area contributed by atoms with Gasteiger partial charge in [0.25, 0.3) is 0 Å². The van der Waals surface area contributed by atoms with Crippen molar-refractivity contribution in [2.45, 2.75) is 53.0 Å². The van der Waals surface area contributed by atoms with Crippen molar-refractivity contribution in [3.63, 3.8) is 0 Å². The van der Waals surface area contributed by atoms with E-state index < -0.39 is 0 Å². The molecular weight excluding hydrogens is 254 g/mol. The molecule has 0 N–H and O–H groups in total. The maximum absolute atomic E-state index is 2.57. The molecular formula is C20H25N. The number of nitrogens with zero attached hydrogens (tertiary/aromatic N) is 1. The van der Waals surface area contributed by atoms with E-state index in [1.807, 2.05) is 0 Å². The van der Waals surface area contributed by atoms with Crippen LogP contribution in [0.25, 0.3) is 0 Å². The van der Waals surface area contributed by atoms with Gasteiger partial charge < -0.3 is 4.90 Å². The van der Waals surface area contributed by atoms with Gasteiger partial charge in [-0.1, -0.05) is 31.2 Å². The predicted molar refractivity (Wildman–Crippen MR) is 91.7 cm³/mol. The summed E-state index contributed by atoms with van der Waals surface area (Å²) >= 11 is 0. The van der Waals surface area contributed by atoms with Crippen LogP contribution in [-0.4, -0.2) is 6.04 Å². The third-order valence-electron chi connectivity index (χ3n) is 4.70. The number of anilines is 2. The Labute approximate surface area is 128 Å². The van der Waals surface area contributed by atoms with Gasteiger partial charge in [0.1, 0.15) is 0 Å². The fourth-order valence-electron chi connectivity index (χ4n) is 3.28. The van der Waals surface area contributed by atoms with Crippen molar-refractivity contribution in [1.29, 1.82) is 0 Å². The number of fused-ring (bicyclic) bond motifs is 2. The minimum absolute atomic E-state index is 0.518. The molecule has 1 heterocycles. The average Bonchev–Trinajstić information content (AvgIpc) is 2.62. The number of hydrogen-bond acceptors (Lipinski definition) is 1. The Morgan fingerprint density at radius 2 is 1.38 bits per heavy atom. The van der Waals surface area contributed by atoms with Crippen LogP contribution in [0.4, 0.5) is 11.4 Å². The molecule has 2 aromatic carbocycles. The van der Waals surface area contributed by atoms with E-state index in [0.29, 0.717) is 6.04 Å². The molecule has 0 radical (unpaired) electrons. The van der Waals surface area contributed by atoms with E-state index in [1.54, 1.807) is 0 Å². The van der Waals surface area contributed by atoms with Gasteiger partial charge in [-0.05, 0) is 74.4 Å². The first-order valence-corrected chi connectivity index (χ1v) is 8.08. The van der Waals surface area contributed by atoms with Crippen LogP contribution in [0, 0.1) is 13.8 Å². The molecule has 0 saturated heterocycles. The lowest BCUT2D eigenvalue weighted by atomic mass is 10.0. The van der Waals surface area contributed by atoms with Crippen molar-refractivity contribution in [3.05, 3.63) is 58.7 Å². The molecule has 1 unspecified atom stereocenters. The first-order valence-electron chi connectivity index (χ1n) is 8.08. The van der Waals surface area contributed by atoms with Crippen molar-refractivity contribution in [1.82, 2.24) is 0 Å². The van der Waals surface area contributed by atoms with Gasteiger partial charge >= 0.3 is 0 Å². The highest BCUT2D eigenvalue weighted by atomic mass is 15.2. The van der Waals surface area contributed by atoms with E-state index in [2.05, 4.69) is 69.0 Å². The van der Waals surface area contributed by atoms with Gasteiger partial charge in [-0.15, -0.1) is 0 Å². The standard InChI is InChI=1S/C20H25N/c1-5-16(4)21-19-12-14(2)6-8-17(19)10-11-18-9-7-15(3)13-20(18)21/h6-9,12-13,16H,5,10-11H2,1-4H3. The lowest BCUT2D eigenvalue weighted by Crippen LogP contribution is -2.28. The quantitative estimate of drug-likeness (QED) is 0.717. The zero-order valence-corrected chi connectivity index (χ0v) is 13.6. The molecule has 0 fully saturated rings. The average molecular weight is 279 g/mol. The summed E-state index contributed by atoms with van der Waals surface area (Å²) in [6, 6.07) is 14.4. The van der Waals surface area contributed by atoms with Gasteiger partial charge in [0.05, 0.1) is 0 Å². The maximum atomic E-state index is 2.57. The van der Waals surface area contributed by atoms with Crippen LogP contribution >= 0.6 is 0 Å². The second-order valence-corrected chi connectivity index (χ2v) is 6.39. The first kappa shape index (κ1) is 14.2. The van der Waals surface area contributed by atoms with Crippen molar-refractivity contribution >= 4 is 11.4 Å². The molecule has 0 bridgehead atoms. The smallest absolute Gasteiger partial charge is 0.0448 e. The Morgan fingerprint density at radius 3 is 1.81 bits per heavy atom. The molecule has 21 heavy (non-hydrogen) atoms. The summed E-state index contributed by atoms with van der Waals surface area (Å²) in [6.45, 7) is 9.00. The van der Waals surface area contributed by atoms with Crippen LogP contribution in [0.3, 0.4) is 0 Å². The van der Waals surface area contributed by atoms with Gasteiger partial charge in [0.2, 0.25) is 0 Å². The summed E-state index contributed by atoms with van der Waals surface area (Å²) in [5.41, 5.74) is 8.48. The molecule has 0 saturated carbocycles. The number of benzene rings is 2. The number of aryl methyl sites for hydroxylation is 4. The Hall–Kier alpha value is -1.76. The van der Waals surface area contributed by atoms with Gasteiger partial charge in [-0.25, -0.2) is 0 Å². The Balaban J connectivity index is 2.23. The fourth-order valence-corrected chi connectivity index (χ4v) is 3.28. The van der Waals surface area contributed by atoms with Crippen LogP contribution in [0.5, 0.6) is 0 Å². The maximum Gasteiger partial charge on any atom is 0.0448 e. The Morgan fingerprint density at radius 1 is 0.905 bits per heavy atom. The van der Waals surface area contributed by atoms with Gasteiger partial charge in [0.15, 0.2) is 0 Å². The number of hydrogen-bond donors (Lipinski definition) is 0. The zero-order chi connectivity index (χ0) is 15.0. The summed E-state index contributed by atoms with van der Waals surface area (Å²) in [6.07, 6.45) is 3.43. The predicted octanol–water partition coefficient (Wildman–Crippen LogP) is 5.34. The topological polar surface area (TPSA) is 3.24 Å². The van der Waals surface area contributed by atoms with Gasteiger partial charge in [0, 0.05) is 17.4 Å². The summed E-state index contributed by atoms with van der Waals surface area (Å²) in [5, 5.41) is 0. The van der Waals surface area contributed by atoms with Crippen molar-refractivity contribution in [2.75, 3.05) is 4.90 Å². The Kier molecular flexibility index (Phi) is 3.75. The Bertz CT molecular complexity index is 603. The highest BCUT2D eigenvalue weighted by molar-refractivity contribution is 5.73. The SMILES string of the molecule is CCC(C)N1c2cc(C)ccc2CCc2ccc(C)cc21. The minimum atomic E-state index is 0.518. The summed E-state index contributed by atoms with van der Waals surface area (Å²) in [7, 11) is 0. The minimum Gasteiger partial charge on any atom is -0.338 e. The van der Waals surface area contributed by atoms with E-state index in [1.165, 1.54) is 33.6 Å². The highest BCUT2D eigenvalue weighted by Crippen LogP contribution is 2.39. The van der Waals surface area contributed by atoms with E-state index in [4.69, 9.17) is 0 Å². The van der Waals surface area contributed by atoms with Crippen LogP contribution < -0.4 is 4.90 Å². The highest BCUT2D eigenvalue weighted by Gasteiger charge is 2.24. The molecule has 1 atom stereocenters. The van der Waals surface area contributed by atoms with E-state index in [0.717, 1.165) is 19.3 Å². The summed E-state index contributed by atoms with van der Waals surface area (Å²) in [4.78, 5) is 2.57. The molecule has 110 valence electrons. The molecule has 0 spiro atoms. The second kappa shape index (κ2) is 5.55. The molecule has 0 aliphatic carbocycles. The lowest BCUT2D eigenvalue weighted by molar-refractivity contribution is 0.686. The van der Waals surface area contributed by atoms with Crippen LogP contribution in [0.1, 0.15) is 42.5 Å².